The van der Waals surface area contributed by atoms with Crippen molar-refractivity contribution in [3.63, 3.8) is 0 Å². The predicted molar refractivity (Wildman–Crippen MR) is 212 cm³/mol. The Morgan fingerprint density at radius 1 is 0.583 bits per heavy atom. The van der Waals surface area contributed by atoms with E-state index < -0.39 is 0 Å². The van der Waals surface area contributed by atoms with Crippen molar-refractivity contribution >= 4 is 91.2 Å². The van der Waals surface area contributed by atoms with Gasteiger partial charge in [-0.15, -0.1) is 0 Å². The molecule has 0 saturated carbocycles. The number of para-hydroxylation sites is 2. The third-order valence-electron chi connectivity index (χ3n) is 8.07. The lowest BCUT2D eigenvalue weighted by Gasteiger charge is -2.15. The standard InChI is InChI=1S/2C18H19Cl2N3.2CH4/c2*1-3-5-12(2)23-11-9-13-16(23)8-10-21-18(13)22-17-14(19)6-4-7-15(17)20;;/h2*4,6-12H,3,5H2,1-2H3,(H,21,22);2*1H4/t2*12-;;/m10../s1. The number of hydrogen-bond donors (Lipinski definition) is 2. The van der Waals surface area contributed by atoms with Gasteiger partial charge in [-0.25, -0.2) is 9.97 Å². The normalized spacial score (nSPS) is 12.0. The Morgan fingerprint density at radius 3 is 1.27 bits per heavy atom. The SMILES string of the molecule is C.C.CCC[C@@H](C)n1ccc2c(Nc3c(Cl)cccc3Cl)nccc21.CCC[C@H](C)n1ccc2c(Nc3c(Cl)cccc3Cl)nccc21. The van der Waals surface area contributed by atoms with Gasteiger partial charge in [-0.05, 0) is 75.2 Å². The van der Waals surface area contributed by atoms with Crippen LogP contribution in [0.2, 0.25) is 20.1 Å². The molecule has 6 rings (SSSR count). The maximum atomic E-state index is 6.25. The van der Waals surface area contributed by atoms with Crippen LogP contribution in [0.25, 0.3) is 21.8 Å². The van der Waals surface area contributed by atoms with Crippen LogP contribution in [0, 0.1) is 0 Å². The van der Waals surface area contributed by atoms with Gasteiger partial charge in [0.05, 0.1) is 42.5 Å². The number of anilines is 4. The molecule has 0 radical (unpaired) electrons. The molecule has 256 valence electrons. The van der Waals surface area contributed by atoms with Gasteiger partial charge in [0.2, 0.25) is 0 Å². The largest absolute Gasteiger partial charge is 0.345 e. The number of nitrogens with zero attached hydrogens (tertiary/aromatic N) is 4. The van der Waals surface area contributed by atoms with Crippen molar-refractivity contribution in [1.29, 1.82) is 0 Å². The van der Waals surface area contributed by atoms with Gasteiger partial charge in [-0.2, -0.15) is 0 Å². The van der Waals surface area contributed by atoms with Gasteiger partial charge in [-0.1, -0.05) is 100 Å². The van der Waals surface area contributed by atoms with E-state index in [2.05, 4.69) is 82.0 Å². The second-order valence-electron chi connectivity index (χ2n) is 11.3. The van der Waals surface area contributed by atoms with Crippen LogP contribution < -0.4 is 10.6 Å². The van der Waals surface area contributed by atoms with E-state index in [1.807, 2.05) is 60.9 Å². The zero-order valence-corrected chi connectivity index (χ0v) is 29.4. The van der Waals surface area contributed by atoms with E-state index in [0.29, 0.717) is 43.5 Å². The first-order valence-electron chi connectivity index (χ1n) is 15.6. The number of pyridine rings is 2. The summed E-state index contributed by atoms with van der Waals surface area (Å²) in [7, 11) is 0. The van der Waals surface area contributed by atoms with Gasteiger partial charge >= 0.3 is 0 Å². The summed E-state index contributed by atoms with van der Waals surface area (Å²) in [6.07, 6.45) is 12.5. The Morgan fingerprint density at radius 2 is 0.938 bits per heavy atom. The number of aromatic nitrogens is 4. The molecule has 0 saturated heterocycles. The number of rotatable bonds is 10. The minimum Gasteiger partial charge on any atom is -0.345 e. The minimum absolute atomic E-state index is 0. The Hall–Kier alpha value is -3.42. The van der Waals surface area contributed by atoms with Crippen LogP contribution in [0.15, 0.2) is 85.5 Å². The van der Waals surface area contributed by atoms with E-state index in [0.717, 1.165) is 59.1 Å². The first kappa shape index (κ1) is 39.0. The van der Waals surface area contributed by atoms with Crippen LogP contribution >= 0.6 is 46.4 Å². The van der Waals surface area contributed by atoms with Crippen LogP contribution in [-0.4, -0.2) is 19.1 Å². The Balaban J connectivity index is 0.000000250. The molecule has 6 aromatic rings. The summed E-state index contributed by atoms with van der Waals surface area (Å²) in [5.74, 6) is 1.53. The zero-order valence-electron chi connectivity index (χ0n) is 26.4. The van der Waals surface area contributed by atoms with Gasteiger partial charge in [-0.3, -0.25) is 0 Å². The van der Waals surface area contributed by atoms with Crippen LogP contribution in [0.1, 0.15) is 80.3 Å². The van der Waals surface area contributed by atoms with Crippen molar-refractivity contribution in [2.45, 2.75) is 80.3 Å². The molecule has 0 aliphatic heterocycles. The van der Waals surface area contributed by atoms with E-state index in [9.17, 15) is 0 Å². The predicted octanol–water partition coefficient (Wildman–Crippen LogP) is 14.2. The highest BCUT2D eigenvalue weighted by atomic mass is 35.5. The number of hydrogen-bond acceptors (Lipinski definition) is 4. The lowest BCUT2D eigenvalue weighted by molar-refractivity contribution is 0.515. The summed E-state index contributed by atoms with van der Waals surface area (Å²) in [6.45, 7) is 8.88. The lowest BCUT2D eigenvalue weighted by atomic mass is 10.2. The molecule has 48 heavy (non-hydrogen) atoms. The molecule has 2 atom stereocenters. The molecule has 2 N–H and O–H groups in total. The molecular formula is C38H46Cl4N6. The molecule has 0 aliphatic carbocycles. The maximum Gasteiger partial charge on any atom is 0.139 e. The van der Waals surface area contributed by atoms with Gasteiger partial charge < -0.3 is 19.8 Å². The monoisotopic (exact) mass is 726 g/mol. The maximum absolute atomic E-state index is 6.25. The van der Waals surface area contributed by atoms with E-state index in [4.69, 9.17) is 46.4 Å². The lowest BCUT2D eigenvalue weighted by Crippen LogP contribution is -2.03. The minimum atomic E-state index is 0. The van der Waals surface area contributed by atoms with E-state index >= 15 is 0 Å². The van der Waals surface area contributed by atoms with Gasteiger partial charge in [0.1, 0.15) is 11.6 Å². The first-order chi connectivity index (χ1) is 22.2. The molecule has 0 spiro atoms. The highest BCUT2D eigenvalue weighted by Gasteiger charge is 2.15. The number of benzene rings is 2. The molecule has 2 aromatic carbocycles. The smallest absolute Gasteiger partial charge is 0.139 e. The summed E-state index contributed by atoms with van der Waals surface area (Å²) in [5, 5.41) is 11.0. The molecule has 10 heteroatoms. The van der Waals surface area contributed by atoms with Crippen molar-refractivity contribution in [2.75, 3.05) is 10.6 Å². The fourth-order valence-corrected chi connectivity index (χ4v) is 6.71. The first-order valence-corrected chi connectivity index (χ1v) is 17.1. The highest BCUT2D eigenvalue weighted by molar-refractivity contribution is 6.40. The molecule has 4 heterocycles. The third kappa shape index (κ3) is 8.59. The van der Waals surface area contributed by atoms with Crippen LogP contribution in [-0.2, 0) is 0 Å². The topological polar surface area (TPSA) is 59.7 Å². The van der Waals surface area contributed by atoms with Crippen LogP contribution in [0.3, 0.4) is 0 Å². The molecular weight excluding hydrogens is 682 g/mol. The Labute approximate surface area is 305 Å². The average molecular weight is 729 g/mol. The molecule has 0 fully saturated rings. The molecule has 0 bridgehead atoms. The summed E-state index contributed by atoms with van der Waals surface area (Å²) in [4.78, 5) is 8.92. The van der Waals surface area contributed by atoms with Crippen molar-refractivity contribution < 1.29 is 0 Å². The van der Waals surface area contributed by atoms with Crippen LogP contribution in [0.5, 0.6) is 0 Å². The second-order valence-corrected chi connectivity index (χ2v) is 13.0. The van der Waals surface area contributed by atoms with E-state index in [1.165, 1.54) is 0 Å². The van der Waals surface area contributed by atoms with E-state index in [1.54, 1.807) is 0 Å². The van der Waals surface area contributed by atoms with Crippen LogP contribution in [0.4, 0.5) is 23.0 Å². The quantitative estimate of drug-likeness (QED) is 0.147. The highest BCUT2D eigenvalue weighted by Crippen LogP contribution is 2.36. The molecule has 0 aliphatic rings. The average Bonchev–Trinajstić information content (AvgIpc) is 3.68. The molecule has 4 aromatic heterocycles. The molecule has 0 unspecified atom stereocenters. The summed E-state index contributed by atoms with van der Waals surface area (Å²) >= 11 is 25.0. The van der Waals surface area contributed by atoms with Crippen molar-refractivity contribution in [3.05, 3.63) is 106 Å². The van der Waals surface area contributed by atoms with Gasteiger partial charge in [0, 0.05) is 47.6 Å². The van der Waals surface area contributed by atoms with Gasteiger partial charge in [0.15, 0.2) is 0 Å². The van der Waals surface area contributed by atoms with Crippen molar-refractivity contribution in [1.82, 2.24) is 19.1 Å². The number of nitrogens with one attached hydrogen (secondary N) is 2. The summed E-state index contributed by atoms with van der Waals surface area (Å²) in [6, 6.07) is 20.1. The third-order valence-corrected chi connectivity index (χ3v) is 9.33. The van der Waals surface area contributed by atoms with Crippen molar-refractivity contribution in [3.8, 4) is 0 Å². The zero-order chi connectivity index (χ0) is 32.8. The number of halogens is 4. The Bertz CT molecular complexity index is 1750. The fraction of sp³-hybridized carbons (Fsp3) is 0.316. The fourth-order valence-electron chi connectivity index (χ4n) is 5.73. The van der Waals surface area contributed by atoms with Gasteiger partial charge in [0.25, 0.3) is 0 Å². The van der Waals surface area contributed by atoms with E-state index in [-0.39, 0.29) is 14.9 Å². The summed E-state index contributed by atoms with van der Waals surface area (Å²) in [5.41, 5.74) is 3.69. The number of fused-ring (bicyclic) bond motifs is 2. The Kier molecular flexibility index (Phi) is 14.5. The molecule has 0 amide bonds. The van der Waals surface area contributed by atoms with Crippen molar-refractivity contribution in [2.24, 2.45) is 0 Å². The molecule has 6 nitrogen and oxygen atoms in total. The second kappa shape index (κ2) is 17.8. The summed E-state index contributed by atoms with van der Waals surface area (Å²) < 4.78 is 4.58.